The molecule has 21 heavy (non-hydrogen) atoms. The van der Waals surface area contributed by atoms with Crippen LogP contribution in [0.4, 0.5) is 0 Å². The zero-order valence-electron chi connectivity index (χ0n) is 11.3. The van der Waals surface area contributed by atoms with Gasteiger partial charge in [-0.05, 0) is 12.8 Å². The third-order valence-electron chi connectivity index (χ3n) is 3.51. The molecule has 0 unspecified atom stereocenters. The van der Waals surface area contributed by atoms with Crippen molar-refractivity contribution < 1.29 is 14.7 Å². The third-order valence-corrected chi connectivity index (χ3v) is 4.40. The Morgan fingerprint density at radius 3 is 2.86 bits per heavy atom. The predicted molar refractivity (Wildman–Crippen MR) is 75.9 cm³/mol. The van der Waals surface area contributed by atoms with Gasteiger partial charge in [-0.25, -0.2) is 4.98 Å². The molecule has 8 heteroatoms. The van der Waals surface area contributed by atoms with E-state index in [0.29, 0.717) is 18.5 Å². The molecule has 2 heterocycles. The Morgan fingerprint density at radius 2 is 2.24 bits per heavy atom. The summed E-state index contributed by atoms with van der Waals surface area (Å²) >= 11 is 1.38. The standard InChI is InChI=1S/C13H14N4O3S/c1-17-5-8(4-14-17)12-16-10(6-21-12)11(18)15-9-2-7(3-9)13(19)20/h4-7,9H,2-3H2,1H3,(H,15,18)(H,19,20). The van der Waals surface area contributed by atoms with Crippen molar-refractivity contribution in [3.05, 3.63) is 23.5 Å². The summed E-state index contributed by atoms with van der Waals surface area (Å²) in [6, 6.07) is -0.0675. The maximum atomic E-state index is 12.0. The summed E-state index contributed by atoms with van der Waals surface area (Å²) in [5.41, 5.74) is 1.23. The Bertz CT molecular complexity index is 687. The maximum absolute atomic E-state index is 12.0. The van der Waals surface area contributed by atoms with Gasteiger partial charge in [-0.2, -0.15) is 5.10 Å². The first-order chi connectivity index (χ1) is 10.0. The van der Waals surface area contributed by atoms with Gasteiger partial charge in [-0.3, -0.25) is 14.3 Å². The molecular formula is C13H14N4O3S. The number of carbonyl (C=O) groups is 2. The maximum Gasteiger partial charge on any atom is 0.306 e. The number of amides is 1. The second kappa shape index (κ2) is 5.28. The van der Waals surface area contributed by atoms with E-state index in [9.17, 15) is 9.59 Å². The van der Waals surface area contributed by atoms with Gasteiger partial charge in [0.15, 0.2) is 0 Å². The molecule has 0 saturated heterocycles. The van der Waals surface area contributed by atoms with Crippen LogP contribution in [0.2, 0.25) is 0 Å². The quantitative estimate of drug-likeness (QED) is 0.882. The molecule has 0 aliphatic heterocycles. The molecule has 2 aromatic rings. The van der Waals surface area contributed by atoms with Gasteiger partial charge in [0.2, 0.25) is 0 Å². The highest BCUT2D eigenvalue weighted by Crippen LogP contribution is 2.28. The normalized spacial score (nSPS) is 20.8. The molecular weight excluding hydrogens is 292 g/mol. The summed E-state index contributed by atoms with van der Waals surface area (Å²) in [4.78, 5) is 27.0. The molecule has 2 N–H and O–H groups in total. The number of nitrogens with zero attached hydrogens (tertiary/aromatic N) is 3. The SMILES string of the molecule is Cn1cc(-c2nc(C(=O)NC3CC(C(=O)O)C3)cs2)cn1. The highest BCUT2D eigenvalue weighted by molar-refractivity contribution is 7.13. The fourth-order valence-electron chi connectivity index (χ4n) is 2.24. The molecule has 0 spiro atoms. The number of hydrogen-bond acceptors (Lipinski definition) is 5. The van der Waals surface area contributed by atoms with Crippen LogP contribution in [0.1, 0.15) is 23.3 Å². The molecule has 1 aliphatic carbocycles. The second-order valence-electron chi connectivity index (χ2n) is 5.12. The Labute approximate surface area is 124 Å². The molecule has 0 aromatic carbocycles. The van der Waals surface area contributed by atoms with Gasteiger partial charge in [0.1, 0.15) is 10.7 Å². The largest absolute Gasteiger partial charge is 0.481 e. The smallest absolute Gasteiger partial charge is 0.306 e. The second-order valence-corrected chi connectivity index (χ2v) is 5.98. The van der Waals surface area contributed by atoms with Crippen LogP contribution in [-0.2, 0) is 11.8 Å². The van der Waals surface area contributed by atoms with E-state index < -0.39 is 5.97 Å². The molecule has 1 amide bonds. The molecule has 1 saturated carbocycles. The van der Waals surface area contributed by atoms with E-state index in [-0.39, 0.29) is 17.9 Å². The van der Waals surface area contributed by atoms with E-state index in [1.165, 1.54) is 11.3 Å². The van der Waals surface area contributed by atoms with E-state index in [1.807, 2.05) is 13.2 Å². The summed E-state index contributed by atoms with van der Waals surface area (Å²) in [6.07, 6.45) is 4.51. The summed E-state index contributed by atoms with van der Waals surface area (Å²) in [7, 11) is 1.82. The van der Waals surface area contributed by atoms with Crippen molar-refractivity contribution in [1.29, 1.82) is 0 Å². The molecule has 7 nitrogen and oxygen atoms in total. The number of carboxylic acid groups (broad SMARTS) is 1. The molecule has 0 atom stereocenters. The lowest BCUT2D eigenvalue weighted by Crippen LogP contribution is -2.46. The van der Waals surface area contributed by atoms with E-state index in [1.54, 1.807) is 16.3 Å². The number of nitrogens with one attached hydrogen (secondary N) is 1. The van der Waals surface area contributed by atoms with Gasteiger partial charge in [0.05, 0.1) is 12.1 Å². The van der Waals surface area contributed by atoms with Crippen LogP contribution >= 0.6 is 11.3 Å². The van der Waals surface area contributed by atoms with Gasteiger partial charge in [0, 0.05) is 30.2 Å². The number of thiazole rings is 1. The van der Waals surface area contributed by atoms with Crippen LogP contribution in [0, 0.1) is 5.92 Å². The van der Waals surface area contributed by atoms with E-state index in [0.717, 1.165) is 10.6 Å². The Morgan fingerprint density at radius 1 is 1.48 bits per heavy atom. The van der Waals surface area contributed by atoms with Crippen molar-refractivity contribution in [3.8, 4) is 10.6 Å². The molecule has 110 valence electrons. The third kappa shape index (κ3) is 2.80. The number of aromatic nitrogens is 3. The van der Waals surface area contributed by atoms with Crippen molar-refractivity contribution in [2.45, 2.75) is 18.9 Å². The molecule has 1 fully saturated rings. The van der Waals surface area contributed by atoms with Crippen molar-refractivity contribution in [1.82, 2.24) is 20.1 Å². The number of aryl methyl sites for hydroxylation is 1. The highest BCUT2D eigenvalue weighted by Gasteiger charge is 2.35. The number of aliphatic carboxylic acids is 1. The van der Waals surface area contributed by atoms with E-state index in [2.05, 4.69) is 15.4 Å². The number of hydrogen-bond donors (Lipinski definition) is 2. The minimum absolute atomic E-state index is 0.0675. The average Bonchev–Trinajstić information content (AvgIpc) is 3.00. The lowest BCUT2D eigenvalue weighted by atomic mass is 9.80. The van der Waals surface area contributed by atoms with Crippen LogP contribution in [0.3, 0.4) is 0 Å². The van der Waals surface area contributed by atoms with Crippen LogP contribution in [0.5, 0.6) is 0 Å². The highest BCUT2D eigenvalue weighted by atomic mass is 32.1. The molecule has 0 bridgehead atoms. The minimum Gasteiger partial charge on any atom is -0.481 e. The van der Waals surface area contributed by atoms with Crippen LogP contribution in [0.15, 0.2) is 17.8 Å². The van der Waals surface area contributed by atoms with E-state index in [4.69, 9.17) is 5.11 Å². The van der Waals surface area contributed by atoms with Gasteiger partial charge in [-0.15, -0.1) is 11.3 Å². The van der Waals surface area contributed by atoms with Crippen LogP contribution in [-0.4, -0.2) is 37.8 Å². The fourth-order valence-corrected chi connectivity index (χ4v) is 3.01. The summed E-state index contributed by atoms with van der Waals surface area (Å²) in [5.74, 6) is -1.39. The summed E-state index contributed by atoms with van der Waals surface area (Å²) < 4.78 is 1.68. The fraction of sp³-hybridized carbons (Fsp3) is 0.385. The van der Waals surface area contributed by atoms with Gasteiger partial charge in [0.25, 0.3) is 5.91 Å². The minimum atomic E-state index is -0.798. The molecule has 2 aromatic heterocycles. The number of carbonyl (C=O) groups excluding carboxylic acids is 1. The van der Waals surface area contributed by atoms with Gasteiger partial charge < -0.3 is 10.4 Å². The van der Waals surface area contributed by atoms with Gasteiger partial charge in [-0.1, -0.05) is 0 Å². The first kappa shape index (κ1) is 13.7. The summed E-state index contributed by atoms with van der Waals surface area (Å²) in [5, 5.41) is 18.1. The lowest BCUT2D eigenvalue weighted by molar-refractivity contribution is -0.145. The number of carboxylic acids is 1. The summed E-state index contributed by atoms with van der Waals surface area (Å²) in [6.45, 7) is 0. The molecule has 0 radical (unpaired) electrons. The topological polar surface area (TPSA) is 97.1 Å². The molecule has 1 aliphatic rings. The lowest BCUT2D eigenvalue weighted by Gasteiger charge is -2.32. The van der Waals surface area contributed by atoms with Crippen molar-refractivity contribution >= 4 is 23.2 Å². The van der Waals surface area contributed by atoms with Crippen molar-refractivity contribution in [2.75, 3.05) is 0 Å². The van der Waals surface area contributed by atoms with Crippen LogP contribution in [0.25, 0.3) is 10.6 Å². The Kier molecular flexibility index (Phi) is 3.46. The monoisotopic (exact) mass is 306 g/mol. The first-order valence-corrected chi connectivity index (χ1v) is 7.39. The predicted octanol–water partition coefficient (Wildman–Crippen LogP) is 1.14. The average molecular weight is 306 g/mol. The Hall–Kier alpha value is -2.22. The zero-order valence-corrected chi connectivity index (χ0v) is 12.1. The number of rotatable bonds is 4. The zero-order chi connectivity index (χ0) is 15.0. The van der Waals surface area contributed by atoms with E-state index >= 15 is 0 Å². The molecule has 3 rings (SSSR count). The van der Waals surface area contributed by atoms with Crippen molar-refractivity contribution in [2.24, 2.45) is 13.0 Å². The van der Waals surface area contributed by atoms with Crippen molar-refractivity contribution in [3.63, 3.8) is 0 Å². The van der Waals surface area contributed by atoms with Gasteiger partial charge >= 0.3 is 5.97 Å². The Balaban J connectivity index is 1.61. The van der Waals surface area contributed by atoms with Crippen LogP contribution < -0.4 is 5.32 Å². The first-order valence-electron chi connectivity index (χ1n) is 6.51.